The Balaban J connectivity index is 2.08. The lowest BCUT2D eigenvalue weighted by atomic mass is 10.2. The number of aliphatic hydroxyl groups excluding tert-OH is 1. The summed E-state index contributed by atoms with van der Waals surface area (Å²) >= 11 is 0. The van der Waals surface area contributed by atoms with Crippen LogP contribution in [-0.2, 0) is 9.59 Å². The Morgan fingerprint density at radius 2 is 2.11 bits per heavy atom. The zero-order valence-corrected chi connectivity index (χ0v) is 10.2. The van der Waals surface area contributed by atoms with Crippen LogP contribution in [0.3, 0.4) is 0 Å². The van der Waals surface area contributed by atoms with Crippen molar-refractivity contribution in [2.75, 3.05) is 16.8 Å². The molecule has 1 saturated heterocycles. The Kier molecular flexibility index (Phi) is 3.62. The summed E-state index contributed by atoms with van der Waals surface area (Å²) in [6.45, 7) is 2.12. The van der Waals surface area contributed by atoms with Gasteiger partial charge in [0.1, 0.15) is 0 Å². The van der Waals surface area contributed by atoms with Crippen LogP contribution in [0.2, 0.25) is 0 Å². The van der Waals surface area contributed by atoms with Gasteiger partial charge in [-0.2, -0.15) is 0 Å². The second-order valence-electron chi connectivity index (χ2n) is 4.31. The van der Waals surface area contributed by atoms with Crippen LogP contribution in [0.15, 0.2) is 24.3 Å². The van der Waals surface area contributed by atoms with Gasteiger partial charge in [0, 0.05) is 17.8 Å². The lowest BCUT2D eigenvalue weighted by molar-refractivity contribution is -0.118. The minimum atomic E-state index is -0.586. The van der Waals surface area contributed by atoms with Gasteiger partial charge in [0.2, 0.25) is 11.8 Å². The number of carbonyl (C=O) groups excluding carboxylic acids is 2. The predicted octanol–water partition coefficient (Wildman–Crippen LogP) is 1.13. The molecule has 1 aliphatic rings. The van der Waals surface area contributed by atoms with Crippen LogP contribution in [0.25, 0.3) is 0 Å². The summed E-state index contributed by atoms with van der Waals surface area (Å²) in [5, 5.41) is 12.2. The van der Waals surface area contributed by atoms with Crippen LogP contribution in [0.5, 0.6) is 0 Å². The van der Waals surface area contributed by atoms with Crippen molar-refractivity contribution in [1.29, 1.82) is 0 Å². The van der Waals surface area contributed by atoms with Crippen molar-refractivity contribution in [1.82, 2.24) is 0 Å². The Bertz CT molecular complexity index is 456. The highest BCUT2D eigenvalue weighted by Crippen LogP contribution is 2.23. The van der Waals surface area contributed by atoms with E-state index in [0.29, 0.717) is 18.7 Å². The maximum atomic E-state index is 11.6. The molecule has 0 saturated carbocycles. The molecular formula is C13H16N2O3. The van der Waals surface area contributed by atoms with Crippen LogP contribution < -0.4 is 10.2 Å². The molecule has 5 heteroatoms. The van der Waals surface area contributed by atoms with E-state index in [0.717, 1.165) is 5.69 Å². The summed E-state index contributed by atoms with van der Waals surface area (Å²) in [7, 11) is 0. The third-order valence-electron chi connectivity index (χ3n) is 2.89. The highest BCUT2D eigenvalue weighted by Gasteiger charge is 2.28. The van der Waals surface area contributed by atoms with Crippen molar-refractivity contribution < 1.29 is 14.7 Å². The highest BCUT2D eigenvalue weighted by atomic mass is 16.3. The number of carbonyl (C=O) groups is 2. The Morgan fingerprint density at radius 1 is 1.44 bits per heavy atom. The minimum absolute atomic E-state index is 0.0459. The van der Waals surface area contributed by atoms with E-state index in [1.165, 1.54) is 0 Å². The fourth-order valence-corrected chi connectivity index (χ4v) is 1.91. The third-order valence-corrected chi connectivity index (χ3v) is 2.89. The molecule has 2 N–H and O–H groups in total. The Morgan fingerprint density at radius 3 is 2.61 bits per heavy atom. The minimum Gasteiger partial charge on any atom is -0.391 e. The molecule has 1 atom stereocenters. The largest absolute Gasteiger partial charge is 0.391 e. The molecule has 1 aliphatic heterocycles. The normalized spacial score (nSPS) is 19.1. The number of amides is 2. The van der Waals surface area contributed by atoms with E-state index in [-0.39, 0.29) is 18.2 Å². The number of hydrogen-bond donors (Lipinski definition) is 2. The first-order valence-corrected chi connectivity index (χ1v) is 5.98. The van der Waals surface area contributed by atoms with Crippen LogP contribution in [0.1, 0.15) is 19.8 Å². The van der Waals surface area contributed by atoms with Gasteiger partial charge in [-0.1, -0.05) is 6.92 Å². The number of rotatable bonds is 3. The number of hydrogen-bond acceptors (Lipinski definition) is 3. The molecular weight excluding hydrogens is 232 g/mol. The van der Waals surface area contributed by atoms with Crippen molar-refractivity contribution in [3.8, 4) is 0 Å². The van der Waals surface area contributed by atoms with E-state index in [4.69, 9.17) is 0 Å². The highest BCUT2D eigenvalue weighted by molar-refractivity contribution is 5.96. The average Bonchev–Trinajstić information content (AvgIpc) is 2.69. The summed E-state index contributed by atoms with van der Waals surface area (Å²) in [4.78, 5) is 24.4. The second kappa shape index (κ2) is 5.18. The maximum Gasteiger partial charge on any atom is 0.229 e. The van der Waals surface area contributed by atoms with Gasteiger partial charge >= 0.3 is 0 Å². The van der Waals surface area contributed by atoms with Gasteiger partial charge in [-0.15, -0.1) is 0 Å². The van der Waals surface area contributed by atoms with Crippen molar-refractivity contribution in [2.45, 2.75) is 25.9 Å². The van der Waals surface area contributed by atoms with Gasteiger partial charge in [0.15, 0.2) is 0 Å². The van der Waals surface area contributed by atoms with E-state index < -0.39 is 6.10 Å². The molecule has 96 valence electrons. The molecule has 0 aliphatic carbocycles. The Hall–Kier alpha value is -1.88. The number of β-amino-alcohol motifs (C(OH)–C–C–N with tert-alkyl or cyclic N) is 1. The standard InChI is InChI=1S/C13H16N2O3/c1-2-12(17)14-9-3-5-10(6-4-9)15-8-11(16)7-13(15)18/h3-6,11,16H,2,7-8H2,1H3,(H,14,17). The van der Waals surface area contributed by atoms with Gasteiger partial charge in [-0.25, -0.2) is 0 Å². The van der Waals surface area contributed by atoms with E-state index >= 15 is 0 Å². The first-order valence-electron chi connectivity index (χ1n) is 5.98. The molecule has 1 unspecified atom stereocenters. The fourth-order valence-electron chi connectivity index (χ4n) is 1.91. The second-order valence-corrected chi connectivity index (χ2v) is 4.31. The van der Waals surface area contributed by atoms with Crippen LogP contribution in [-0.4, -0.2) is 29.6 Å². The third kappa shape index (κ3) is 2.68. The Labute approximate surface area is 105 Å². The number of anilines is 2. The fraction of sp³-hybridized carbons (Fsp3) is 0.385. The topological polar surface area (TPSA) is 69.6 Å². The summed E-state index contributed by atoms with van der Waals surface area (Å²) < 4.78 is 0. The summed E-state index contributed by atoms with van der Waals surface area (Å²) in [5.41, 5.74) is 1.45. The summed E-state index contributed by atoms with van der Waals surface area (Å²) in [5.74, 6) is -0.122. The quantitative estimate of drug-likeness (QED) is 0.842. The van der Waals surface area contributed by atoms with E-state index in [9.17, 15) is 14.7 Å². The molecule has 1 heterocycles. The first kappa shape index (κ1) is 12.6. The molecule has 18 heavy (non-hydrogen) atoms. The molecule has 0 bridgehead atoms. The van der Waals surface area contributed by atoms with E-state index in [1.807, 2.05) is 0 Å². The molecule has 5 nitrogen and oxygen atoms in total. The number of nitrogens with zero attached hydrogens (tertiary/aromatic N) is 1. The molecule has 2 amide bonds. The number of aliphatic hydroxyl groups is 1. The summed E-state index contributed by atoms with van der Waals surface area (Å²) in [6, 6.07) is 7.03. The smallest absolute Gasteiger partial charge is 0.229 e. The van der Waals surface area contributed by atoms with Crippen molar-refractivity contribution in [3.63, 3.8) is 0 Å². The zero-order chi connectivity index (χ0) is 13.1. The summed E-state index contributed by atoms with van der Waals surface area (Å²) in [6.07, 6.45) is 0.0179. The molecule has 2 rings (SSSR count). The molecule has 0 aromatic heterocycles. The lowest BCUT2D eigenvalue weighted by Crippen LogP contribution is -2.25. The average molecular weight is 248 g/mol. The molecule has 0 spiro atoms. The molecule has 0 radical (unpaired) electrons. The SMILES string of the molecule is CCC(=O)Nc1ccc(N2CC(O)CC2=O)cc1. The van der Waals surface area contributed by atoms with Crippen molar-refractivity contribution in [2.24, 2.45) is 0 Å². The maximum absolute atomic E-state index is 11.6. The van der Waals surface area contributed by atoms with Gasteiger partial charge in [-0.3, -0.25) is 9.59 Å². The molecule has 1 fully saturated rings. The lowest BCUT2D eigenvalue weighted by Gasteiger charge is -2.16. The van der Waals surface area contributed by atoms with Crippen molar-refractivity contribution in [3.05, 3.63) is 24.3 Å². The van der Waals surface area contributed by atoms with Crippen LogP contribution in [0.4, 0.5) is 11.4 Å². The first-order chi connectivity index (χ1) is 8.60. The van der Waals surface area contributed by atoms with Gasteiger partial charge in [-0.05, 0) is 24.3 Å². The van der Waals surface area contributed by atoms with Gasteiger partial charge in [0.25, 0.3) is 0 Å². The van der Waals surface area contributed by atoms with Crippen LogP contribution >= 0.6 is 0 Å². The van der Waals surface area contributed by atoms with Gasteiger partial charge in [0.05, 0.1) is 19.1 Å². The predicted molar refractivity (Wildman–Crippen MR) is 68.3 cm³/mol. The molecule has 1 aromatic rings. The number of nitrogens with one attached hydrogen (secondary N) is 1. The monoisotopic (exact) mass is 248 g/mol. The molecule has 1 aromatic carbocycles. The zero-order valence-electron chi connectivity index (χ0n) is 10.2. The van der Waals surface area contributed by atoms with Crippen molar-refractivity contribution >= 4 is 23.2 Å². The number of benzene rings is 1. The van der Waals surface area contributed by atoms with Crippen LogP contribution in [0, 0.1) is 0 Å². The van der Waals surface area contributed by atoms with Gasteiger partial charge < -0.3 is 15.3 Å². The van der Waals surface area contributed by atoms with E-state index in [2.05, 4.69) is 5.32 Å². The van der Waals surface area contributed by atoms with E-state index in [1.54, 1.807) is 36.1 Å².